The van der Waals surface area contributed by atoms with Crippen LogP contribution in [0.1, 0.15) is 21.5 Å². The molecule has 5 heteroatoms. The van der Waals surface area contributed by atoms with Gasteiger partial charge < -0.3 is 5.32 Å². The van der Waals surface area contributed by atoms with Gasteiger partial charge in [0.1, 0.15) is 0 Å². The third kappa shape index (κ3) is 3.17. The van der Waals surface area contributed by atoms with Crippen LogP contribution in [0.4, 0.5) is 10.1 Å². The van der Waals surface area contributed by atoms with Gasteiger partial charge in [0.15, 0.2) is 0 Å². The highest BCUT2D eigenvalue weighted by atomic mass is 79.9. The number of aryl methyl sites for hydroxylation is 2. The van der Waals surface area contributed by atoms with Crippen molar-refractivity contribution in [3.63, 3.8) is 0 Å². The summed E-state index contributed by atoms with van der Waals surface area (Å²) in [6.07, 6.45) is 1.27. The maximum absolute atomic E-state index is 13.0. The number of aromatic nitrogens is 1. The lowest BCUT2D eigenvalue weighted by Crippen LogP contribution is -2.12. The summed E-state index contributed by atoms with van der Waals surface area (Å²) in [4.78, 5) is 15.4. The van der Waals surface area contributed by atoms with Gasteiger partial charge >= 0.3 is 0 Å². The molecule has 1 heterocycles. The van der Waals surface area contributed by atoms with Crippen molar-refractivity contribution in [2.75, 3.05) is 5.32 Å². The van der Waals surface area contributed by atoms with Crippen LogP contribution in [-0.4, -0.2) is 10.9 Å². The largest absolute Gasteiger partial charge is 0.322 e. The third-order valence-electron chi connectivity index (χ3n) is 2.68. The number of hydrogen-bond donors (Lipinski definition) is 1. The van der Waals surface area contributed by atoms with Crippen molar-refractivity contribution in [3.05, 3.63) is 57.6 Å². The second-order valence-corrected chi connectivity index (χ2v) is 5.04. The molecule has 1 amide bonds. The Labute approximate surface area is 119 Å². The molecule has 1 aromatic heterocycles. The number of hydrogen-bond acceptors (Lipinski definition) is 2. The molecule has 0 radical (unpaired) electrons. The van der Waals surface area contributed by atoms with Crippen molar-refractivity contribution >= 4 is 27.5 Å². The summed E-state index contributed by atoms with van der Waals surface area (Å²) in [5, 5.41) is 2.74. The fourth-order valence-corrected chi connectivity index (χ4v) is 1.99. The first kappa shape index (κ1) is 13.7. The predicted octanol–water partition coefficient (Wildman–Crippen LogP) is 3.85. The maximum Gasteiger partial charge on any atom is 0.255 e. The monoisotopic (exact) mass is 322 g/mol. The lowest BCUT2D eigenvalue weighted by molar-refractivity contribution is 0.102. The summed E-state index contributed by atoms with van der Waals surface area (Å²) < 4.78 is 14.0. The highest BCUT2D eigenvalue weighted by Crippen LogP contribution is 2.25. The molecule has 1 aromatic carbocycles. The number of halogens is 2. The fourth-order valence-electron chi connectivity index (χ4n) is 1.77. The summed E-state index contributed by atoms with van der Waals surface area (Å²) in [5.41, 5.74) is 2.97. The molecule has 0 aliphatic heterocycles. The van der Waals surface area contributed by atoms with Crippen LogP contribution in [0.5, 0.6) is 0 Å². The van der Waals surface area contributed by atoms with Gasteiger partial charge in [-0.3, -0.25) is 4.79 Å². The van der Waals surface area contributed by atoms with E-state index in [1.54, 1.807) is 0 Å². The highest BCUT2D eigenvalue weighted by Gasteiger charge is 2.09. The van der Waals surface area contributed by atoms with Crippen LogP contribution in [0.2, 0.25) is 0 Å². The number of amides is 1. The van der Waals surface area contributed by atoms with Gasteiger partial charge in [-0.15, -0.1) is 0 Å². The zero-order valence-corrected chi connectivity index (χ0v) is 12.1. The summed E-state index contributed by atoms with van der Waals surface area (Å²) in [5.74, 6) is -1.03. The van der Waals surface area contributed by atoms with Gasteiger partial charge in [-0.2, -0.15) is 4.39 Å². The molecule has 2 rings (SSSR count). The van der Waals surface area contributed by atoms with Crippen LogP contribution in [0.3, 0.4) is 0 Å². The van der Waals surface area contributed by atoms with Crippen LogP contribution in [-0.2, 0) is 0 Å². The number of nitrogens with zero attached hydrogens (tertiary/aromatic N) is 1. The van der Waals surface area contributed by atoms with E-state index in [0.29, 0.717) is 5.69 Å². The van der Waals surface area contributed by atoms with Crippen molar-refractivity contribution in [2.45, 2.75) is 13.8 Å². The van der Waals surface area contributed by atoms with Crippen LogP contribution < -0.4 is 5.32 Å². The van der Waals surface area contributed by atoms with Gasteiger partial charge in [-0.25, -0.2) is 4.98 Å². The lowest BCUT2D eigenvalue weighted by atomic mass is 10.1. The molecule has 3 nitrogen and oxygen atoms in total. The number of benzene rings is 1. The second-order valence-electron chi connectivity index (χ2n) is 4.25. The molecule has 1 N–H and O–H groups in total. The number of carbonyl (C=O) groups excluding carboxylic acids is 1. The quantitative estimate of drug-likeness (QED) is 0.853. The minimum atomic E-state index is -0.671. The first-order chi connectivity index (χ1) is 8.97. The Morgan fingerprint density at radius 3 is 2.47 bits per heavy atom. The third-order valence-corrected chi connectivity index (χ3v) is 3.93. The summed E-state index contributed by atoms with van der Waals surface area (Å²) in [6, 6.07) is 6.28. The van der Waals surface area contributed by atoms with Crippen LogP contribution in [0, 0.1) is 19.8 Å². The fraction of sp³-hybridized carbons (Fsp3) is 0.143. The van der Waals surface area contributed by atoms with Crippen molar-refractivity contribution in [2.24, 2.45) is 0 Å². The van der Waals surface area contributed by atoms with Gasteiger partial charge in [0.2, 0.25) is 5.95 Å². The van der Waals surface area contributed by atoms with Crippen LogP contribution in [0.15, 0.2) is 34.9 Å². The Kier molecular flexibility index (Phi) is 3.95. The SMILES string of the molecule is Cc1cc(NC(=O)c2ccnc(F)c2)cc(C)c1Br. The first-order valence-corrected chi connectivity index (χ1v) is 6.46. The predicted molar refractivity (Wildman–Crippen MR) is 75.8 cm³/mol. The average molecular weight is 323 g/mol. The van der Waals surface area contributed by atoms with E-state index in [9.17, 15) is 9.18 Å². The molecule has 0 unspecified atom stereocenters. The number of pyridine rings is 1. The molecule has 0 atom stereocenters. The van der Waals surface area contributed by atoms with Crippen molar-refractivity contribution < 1.29 is 9.18 Å². The number of carbonyl (C=O) groups is 1. The van der Waals surface area contributed by atoms with Crippen molar-refractivity contribution in [3.8, 4) is 0 Å². The molecule has 0 spiro atoms. The molecule has 2 aromatic rings. The van der Waals surface area contributed by atoms with E-state index in [2.05, 4.69) is 26.2 Å². The van der Waals surface area contributed by atoms with E-state index in [1.165, 1.54) is 12.3 Å². The lowest BCUT2D eigenvalue weighted by Gasteiger charge is -2.09. The topological polar surface area (TPSA) is 42.0 Å². The molecule has 0 saturated carbocycles. The van der Waals surface area contributed by atoms with E-state index in [4.69, 9.17) is 0 Å². The summed E-state index contributed by atoms with van der Waals surface area (Å²) >= 11 is 3.46. The Balaban J connectivity index is 2.24. The van der Waals surface area contributed by atoms with E-state index in [1.807, 2.05) is 26.0 Å². The van der Waals surface area contributed by atoms with E-state index >= 15 is 0 Å². The second kappa shape index (κ2) is 5.48. The van der Waals surface area contributed by atoms with Gasteiger partial charge in [-0.1, -0.05) is 15.9 Å². The van der Waals surface area contributed by atoms with Gasteiger partial charge in [0.25, 0.3) is 5.91 Å². The normalized spacial score (nSPS) is 10.3. The Morgan fingerprint density at radius 2 is 1.89 bits per heavy atom. The zero-order valence-electron chi connectivity index (χ0n) is 10.5. The number of anilines is 1. The standard InChI is InChI=1S/C14H12BrFN2O/c1-8-5-11(6-9(2)13(8)15)18-14(19)10-3-4-17-12(16)7-10/h3-7H,1-2H3,(H,18,19). The van der Waals surface area contributed by atoms with Gasteiger partial charge in [-0.05, 0) is 43.2 Å². The minimum Gasteiger partial charge on any atom is -0.322 e. The van der Waals surface area contributed by atoms with E-state index in [-0.39, 0.29) is 11.5 Å². The van der Waals surface area contributed by atoms with Crippen molar-refractivity contribution in [1.29, 1.82) is 0 Å². The molecule has 0 bridgehead atoms. The van der Waals surface area contributed by atoms with Crippen LogP contribution >= 0.6 is 15.9 Å². The zero-order chi connectivity index (χ0) is 14.0. The molecular weight excluding hydrogens is 311 g/mol. The minimum absolute atomic E-state index is 0.241. The van der Waals surface area contributed by atoms with Gasteiger partial charge in [0, 0.05) is 28.0 Å². The Hall–Kier alpha value is -1.75. The molecule has 19 heavy (non-hydrogen) atoms. The van der Waals surface area contributed by atoms with Crippen molar-refractivity contribution in [1.82, 2.24) is 4.98 Å². The molecule has 0 aliphatic rings. The molecule has 0 fully saturated rings. The molecular formula is C14H12BrFN2O. The Bertz CT molecular complexity index is 620. The number of rotatable bonds is 2. The summed E-state index contributed by atoms with van der Waals surface area (Å²) in [7, 11) is 0. The van der Waals surface area contributed by atoms with Gasteiger partial charge in [0.05, 0.1) is 0 Å². The van der Waals surface area contributed by atoms with E-state index < -0.39 is 5.95 Å². The average Bonchev–Trinajstić information content (AvgIpc) is 2.36. The molecule has 0 saturated heterocycles. The molecule has 98 valence electrons. The maximum atomic E-state index is 13.0. The smallest absolute Gasteiger partial charge is 0.255 e. The van der Waals surface area contributed by atoms with Crippen LogP contribution in [0.25, 0.3) is 0 Å². The summed E-state index contributed by atoms with van der Waals surface area (Å²) in [6.45, 7) is 3.89. The Morgan fingerprint density at radius 1 is 1.26 bits per heavy atom. The van der Waals surface area contributed by atoms with E-state index in [0.717, 1.165) is 21.7 Å². The highest BCUT2D eigenvalue weighted by molar-refractivity contribution is 9.10. The number of nitrogens with one attached hydrogen (secondary N) is 1. The first-order valence-electron chi connectivity index (χ1n) is 5.67. The molecule has 0 aliphatic carbocycles.